The molecular formula is C24H23N3O. The third kappa shape index (κ3) is 2.68. The number of hydrogen-bond acceptors (Lipinski definition) is 2. The second kappa shape index (κ2) is 6.79. The molecule has 5 rings (SSSR count). The summed E-state index contributed by atoms with van der Waals surface area (Å²) in [5.74, 6) is 1.33. The van der Waals surface area contributed by atoms with Crippen LogP contribution in [0.5, 0.6) is 0 Å². The summed E-state index contributed by atoms with van der Waals surface area (Å²) in [5.41, 5.74) is 3.18. The summed E-state index contributed by atoms with van der Waals surface area (Å²) in [4.78, 5) is 19.8. The van der Waals surface area contributed by atoms with Crippen LogP contribution in [0, 0.1) is 0 Å². The zero-order chi connectivity index (χ0) is 19.1. The van der Waals surface area contributed by atoms with Crippen molar-refractivity contribution in [2.24, 2.45) is 0 Å². The topological polar surface area (TPSA) is 38.1 Å². The summed E-state index contributed by atoms with van der Waals surface area (Å²) >= 11 is 0. The number of para-hydroxylation sites is 2. The van der Waals surface area contributed by atoms with E-state index in [2.05, 4.69) is 54.0 Å². The minimum atomic E-state index is 0.116. The molecule has 0 bridgehead atoms. The Kier molecular flexibility index (Phi) is 4.12. The predicted molar refractivity (Wildman–Crippen MR) is 114 cm³/mol. The third-order valence-corrected chi connectivity index (χ3v) is 5.68. The number of fused-ring (bicyclic) bond motifs is 2. The number of rotatable bonds is 4. The van der Waals surface area contributed by atoms with Crippen molar-refractivity contribution < 1.29 is 4.79 Å². The molecule has 1 aliphatic heterocycles. The largest absolute Gasteiger partial charge is 0.328 e. The van der Waals surface area contributed by atoms with Crippen LogP contribution in [0.4, 0.5) is 5.69 Å². The number of amides is 1. The number of carbonyl (C=O) groups is 1. The highest BCUT2D eigenvalue weighted by Gasteiger charge is 2.35. The SMILES string of the molecule is CCCn1c([C@@H]2CC(=O)N(c3cccc4ccccc34)C2)nc2ccccc21. The standard InChI is InChI=1S/C24H23N3O/c1-2-14-26-22-12-6-5-11-20(22)25-24(26)18-15-23(28)27(16-18)21-13-7-9-17-8-3-4-10-19(17)21/h3-13,18H,2,14-16H2,1H3/t18-/m1/s1. The number of benzene rings is 3. The molecule has 1 amide bonds. The molecule has 1 fully saturated rings. The maximum absolute atomic E-state index is 13.0. The van der Waals surface area contributed by atoms with Crippen LogP contribution in [-0.2, 0) is 11.3 Å². The average molecular weight is 369 g/mol. The molecule has 0 saturated carbocycles. The highest BCUT2D eigenvalue weighted by molar-refractivity contribution is 6.05. The van der Waals surface area contributed by atoms with Crippen molar-refractivity contribution in [1.29, 1.82) is 0 Å². The van der Waals surface area contributed by atoms with Crippen molar-refractivity contribution in [3.63, 3.8) is 0 Å². The number of nitrogens with zero attached hydrogens (tertiary/aromatic N) is 3. The van der Waals surface area contributed by atoms with Gasteiger partial charge in [0.05, 0.1) is 16.7 Å². The summed E-state index contributed by atoms with van der Waals surface area (Å²) < 4.78 is 2.31. The Morgan fingerprint density at radius 3 is 2.68 bits per heavy atom. The lowest BCUT2D eigenvalue weighted by Crippen LogP contribution is -2.24. The molecule has 1 atom stereocenters. The van der Waals surface area contributed by atoms with Crippen LogP contribution in [0.1, 0.15) is 31.5 Å². The number of hydrogen-bond donors (Lipinski definition) is 0. The first-order valence-electron chi connectivity index (χ1n) is 9.99. The molecule has 2 heterocycles. The Hall–Kier alpha value is -3.14. The number of aryl methyl sites for hydroxylation is 1. The van der Waals surface area contributed by atoms with Crippen LogP contribution in [0.25, 0.3) is 21.8 Å². The van der Waals surface area contributed by atoms with E-state index in [-0.39, 0.29) is 11.8 Å². The molecule has 140 valence electrons. The lowest BCUT2D eigenvalue weighted by molar-refractivity contribution is -0.117. The summed E-state index contributed by atoms with van der Waals surface area (Å²) in [7, 11) is 0. The van der Waals surface area contributed by atoms with E-state index in [9.17, 15) is 4.79 Å². The molecule has 1 saturated heterocycles. The van der Waals surface area contributed by atoms with Crippen LogP contribution >= 0.6 is 0 Å². The quantitative estimate of drug-likeness (QED) is 0.501. The number of imidazole rings is 1. The summed E-state index contributed by atoms with van der Waals surface area (Å²) in [6.45, 7) is 3.79. The van der Waals surface area contributed by atoms with Crippen molar-refractivity contribution >= 4 is 33.4 Å². The van der Waals surface area contributed by atoms with Crippen molar-refractivity contribution in [1.82, 2.24) is 9.55 Å². The first kappa shape index (κ1) is 17.0. The van der Waals surface area contributed by atoms with E-state index in [1.807, 2.05) is 29.2 Å². The van der Waals surface area contributed by atoms with Crippen LogP contribution in [-0.4, -0.2) is 22.0 Å². The first-order valence-corrected chi connectivity index (χ1v) is 9.99. The smallest absolute Gasteiger partial charge is 0.227 e. The van der Waals surface area contributed by atoms with Gasteiger partial charge in [-0.15, -0.1) is 0 Å². The fourth-order valence-electron chi connectivity index (χ4n) is 4.42. The van der Waals surface area contributed by atoms with Gasteiger partial charge >= 0.3 is 0 Å². The van der Waals surface area contributed by atoms with E-state index >= 15 is 0 Å². The van der Waals surface area contributed by atoms with E-state index in [0.29, 0.717) is 13.0 Å². The highest BCUT2D eigenvalue weighted by Crippen LogP contribution is 2.36. The number of anilines is 1. The van der Waals surface area contributed by atoms with Gasteiger partial charge < -0.3 is 9.47 Å². The zero-order valence-electron chi connectivity index (χ0n) is 16.0. The molecule has 4 heteroatoms. The molecule has 1 aliphatic rings. The van der Waals surface area contributed by atoms with Crippen molar-refractivity contribution in [3.05, 3.63) is 72.6 Å². The molecule has 1 aromatic heterocycles. The Morgan fingerprint density at radius 1 is 1.00 bits per heavy atom. The molecule has 0 unspecified atom stereocenters. The van der Waals surface area contributed by atoms with E-state index in [4.69, 9.17) is 4.98 Å². The molecule has 3 aromatic carbocycles. The van der Waals surface area contributed by atoms with Gasteiger partial charge in [-0.25, -0.2) is 4.98 Å². The van der Waals surface area contributed by atoms with E-state index in [1.165, 1.54) is 0 Å². The highest BCUT2D eigenvalue weighted by atomic mass is 16.2. The van der Waals surface area contributed by atoms with Crippen LogP contribution in [0.3, 0.4) is 0 Å². The lowest BCUT2D eigenvalue weighted by Gasteiger charge is -2.19. The van der Waals surface area contributed by atoms with Crippen molar-refractivity contribution in [2.45, 2.75) is 32.2 Å². The fourth-order valence-corrected chi connectivity index (χ4v) is 4.42. The van der Waals surface area contributed by atoms with Gasteiger partial charge in [0.25, 0.3) is 0 Å². The molecule has 0 spiro atoms. The van der Waals surface area contributed by atoms with Crippen LogP contribution in [0.2, 0.25) is 0 Å². The second-order valence-corrected chi connectivity index (χ2v) is 7.51. The Balaban J connectivity index is 1.55. The van der Waals surface area contributed by atoms with Crippen molar-refractivity contribution in [3.8, 4) is 0 Å². The Bertz CT molecular complexity index is 1170. The van der Waals surface area contributed by atoms with Gasteiger partial charge in [-0.1, -0.05) is 55.5 Å². The minimum absolute atomic E-state index is 0.116. The van der Waals surface area contributed by atoms with Gasteiger partial charge in [0.2, 0.25) is 5.91 Å². The van der Waals surface area contributed by atoms with Crippen LogP contribution < -0.4 is 4.90 Å². The van der Waals surface area contributed by atoms with Gasteiger partial charge in [-0.05, 0) is 30.0 Å². The summed E-state index contributed by atoms with van der Waals surface area (Å²) in [6, 6.07) is 22.7. The maximum atomic E-state index is 13.0. The minimum Gasteiger partial charge on any atom is -0.328 e. The number of aromatic nitrogens is 2. The third-order valence-electron chi connectivity index (χ3n) is 5.68. The maximum Gasteiger partial charge on any atom is 0.227 e. The Labute approximate surface area is 164 Å². The van der Waals surface area contributed by atoms with E-state index < -0.39 is 0 Å². The predicted octanol–water partition coefficient (Wildman–Crippen LogP) is 5.12. The molecular weight excluding hydrogens is 346 g/mol. The summed E-state index contributed by atoms with van der Waals surface area (Å²) in [6.07, 6.45) is 1.55. The normalized spacial score (nSPS) is 17.1. The monoisotopic (exact) mass is 369 g/mol. The second-order valence-electron chi connectivity index (χ2n) is 7.51. The van der Waals surface area contributed by atoms with Gasteiger partial charge in [-0.2, -0.15) is 0 Å². The van der Waals surface area contributed by atoms with Crippen LogP contribution in [0.15, 0.2) is 66.7 Å². The Morgan fingerprint density at radius 2 is 1.79 bits per heavy atom. The van der Waals surface area contributed by atoms with Gasteiger partial charge in [-0.3, -0.25) is 4.79 Å². The fraction of sp³-hybridized carbons (Fsp3) is 0.250. The van der Waals surface area contributed by atoms with E-state index in [0.717, 1.165) is 46.3 Å². The molecule has 0 N–H and O–H groups in total. The zero-order valence-corrected chi connectivity index (χ0v) is 16.0. The molecule has 4 nitrogen and oxygen atoms in total. The number of carbonyl (C=O) groups excluding carboxylic acids is 1. The van der Waals surface area contributed by atoms with E-state index in [1.54, 1.807) is 0 Å². The van der Waals surface area contributed by atoms with Crippen molar-refractivity contribution in [2.75, 3.05) is 11.4 Å². The molecule has 0 aliphatic carbocycles. The molecule has 4 aromatic rings. The summed E-state index contributed by atoms with van der Waals surface area (Å²) in [5, 5.41) is 2.29. The van der Waals surface area contributed by atoms with Gasteiger partial charge in [0, 0.05) is 30.8 Å². The lowest BCUT2D eigenvalue weighted by atomic mass is 10.1. The first-order chi connectivity index (χ1) is 13.8. The van der Waals surface area contributed by atoms with Gasteiger partial charge in [0.15, 0.2) is 0 Å². The average Bonchev–Trinajstić information content (AvgIpc) is 3.29. The van der Waals surface area contributed by atoms with Gasteiger partial charge in [0.1, 0.15) is 5.82 Å². The molecule has 0 radical (unpaired) electrons. The molecule has 28 heavy (non-hydrogen) atoms.